The van der Waals surface area contributed by atoms with E-state index in [1.54, 1.807) is 31.3 Å². The van der Waals surface area contributed by atoms with Gasteiger partial charge < -0.3 is 10.6 Å². The van der Waals surface area contributed by atoms with Crippen LogP contribution in [0.2, 0.25) is 0 Å². The maximum atomic E-state index is 12.1. The molecule has 0 radical (unpaired) electrons. The summed E-state index contributed by atoms with van der Waals surface area (Å²) in [5.41, 5.74) is -0.0854. The van der Waals surface area contributed by atoms with Crippen LogP contribution in [0.3, 0.4) is 0 Å². The highest BCUT2D eigenvalue weighted by molar-refractivity contribution is 14.0. The summed E-state index contributed by atoms with van der Waals surface area (Å²) in [6.07, 6.45) is 0.530. The molecule has 0 aromatic heterocycles. The molecule has 1 rings (SSSR count). The number of benzene rings is 1. The molecule has 0 saturated heterocycles. The number of sulfone groups is 1. The fraction of sp³-hybridized carbons (Fsp3) is 0.533. The minimum atomic E-state index is -3.20. The van der Waals surface area contributed by atoms with Gasteiger partial charge in [-0.1, -0.05) is 18.2 Å². The maximum Gasteiger partial charge on any atom is 0.191 e. The molecule has 0 aliphatic carbocycles. The van der Waals surface area contributed by atoms with Crippen molar-refractivity contribution in [1.29, 1.82) is 0 Å². The standard InChI is InChI=1S/C15H25N3O2S.HI/c1-15(2,3)18-14(16-4)17-11-8-12-21(19,20)13-9-6-5-7-10-13;/h5-7,9-10H,8,11-12H2,1-4H3,(H2,16,17,18);1H. The number of nitrogens with one attached hydrogen (secondary N) is 2. The van der Waals surface area contributed by atoms with E-state index in [1.807, 2.05) is 26.8 Å². The zero-order valence-corrected chi connectivity index (χ0v) is 16.7. The first kappa shape index (κ1) is 21.2. The Labute approximate surface area is 150 Å². The van der Waals surface area contributed by atoms with Crippen molar-refractivity contribution in [2.75, 3.05) is 19.3 Å². The number of hydrogen-bond acceptors (Lipinski definition) is 3. The minimum Gasteiger partial charge on any atom is -0.356 e. The van der Waals surface area contributed by atoms with Gasteiger partial charge >= 0.3 is 0 Å². The molecule has 0 amide bonds. The van der Waals surface area contributed by atoms with E-state index in [9.17, 15) is 8.42 Å². The Morgan fingerprint density at radius 2 is 1.77 bits per heavy atom. The van der Waals surface area contributed by atoms with Crippen molar-refractivity contribution in [2.45, 2.75) is 37.6 Å². The molecule has 0 atom stereocenters. The Balaban J connectivity index is 0.00000441. The van der Waals surface area contributed by atoms with E-state index in [2.05, 4.69) is 15.6 Å². The van der Waals surface area contributed by atoms with E-state index in [1.165, 1.54) is 0 Å². The summed E-state index contributed by atoms with van der Waals surface area (Å²) in [6.45, 7) is 6.68. The first-order valence-corrected chi connectivity index (χ1v) is 8.66. The zero-order valence-electron chi connectivity index (χ0n) is 13.6. The van der Waals surface area contributed by atoms with Gasteiger partial charge in [-0.3, -0.25) is 4.99 Å². The minimum absolute atomic E-state index is 0. The van der Waals surface area contributed by atoms with Crippen molar-refractivity contribution in [2.24, 2.45) is 4.99 Å². The van der Waals surface area contributed by atoms with Crippen LogP contribution in [-0.2, 0) is 9.84 Å². The van der Waals surface area contributed by atoms with Crippen molar-refractivity contribution in [1.82, 2.24) is 10.6 Å². The predicted molar refractivity (Wildman–Crippen MR) is 103 cm³/mol. The third-order valence-corrected chi connectivity index (χ3v) is 4.52. The van der Waals surface area contributed by atoms with Gasteiger partial charge in [0.1, 0.15) is 0 Å². The van der Waals surface area contributed by atoms with Gasteiger partial charge in [-0.05, 0) is 39.3 Å². The average molecular weight is 439 g/mol. The van der Waals surface area contributed by atoms with Crippen LogP contribution in [0.25, 0.3) is 0 Å². The molecular weight excluding hydrogens is 413 g/mol. The largest absolute Gasteiger partial charge is 0.356 e. The van der Waals surface area contributed by atoms with Gasteiger partial charge in [-0.2, -0.15) is 0 Å². The Hall–Kier alpha value is -0.830. The molecular formula is C15H26IN3O2S. The van der Waals surface area contributed by atoms with Gasteiger partial charge in [0.2, 0.25) is 0 Å². The van der Waals surface area contributed by atoms with Crippen LogP contribution in [-0.4, -0.2) is 39.3 Å². The average Bonchev–Trinajstić information content (AvgIpc) is 2.42. The first-order chi connectivity index (χ1) is 9.74. The number of halogens is 1. The van der Waals surface area contributed by atoms with E-state index in [4.69, 9.17) is 0 Å². The molecule has 0 saturated carbocycles. The molecule has 0 heterocycles. The van der Waals surface area contributed by atoms with E-state index in [-0.39, 0.29) is 35.3 Å². The van der Waals surface area contributed by atoms with Crippen molar-refractivity contribution >= 4 is 39.8 Å². The molecule has 0 aliphatic heterocycles. The lowest BCUT2D eigenvalue weighted by molar-refractivity contribution is 0.501. The second-order valence-corrected chi connectivity index (χ2v) is 7.97. The fourth-order valence-corrected chi connectivity index (χ4v) is 3.08. The van der Waals surface area contributed by atoms with Gasteiger partial charge in [-0.15, -0.1) is 24.0 Å². The summed E-state index contributed by atoms with van der Waals surface area (Å²) < 4.78 is 24.2. The Morgan fingerprint density at radius 3 is 2.27 bits per heavy atom. The Kier molecular flexibility index (Phi) is 8.99. The number of aliphatic imine (C=N–C) groups is 1. The number of guanidine groups is 1. The van der Waals surface area contributed by atoms with Crippen LogP contribution < -0.4 is 10.6 Å². The Morgan fingerprint density at radius 1 is 1.18 bits per heavy atom. The third kappa shape index (κ3) is 7.98. The summed E-state index contributed by atoms with van der Waals surface area (Å²) in [4.78, 5) is 4.49. The van der Waals surface area contributed by atoms with Gasteiger partial charge in [0.05, 0.1) is 10.6 Å². The molecule has 0 fully saturated rings. The van der Waals surface area contributed by atoms with Crippen LogP contribution in [0.1, 0.15) is 27.2 Å². The van der Waals surface area contributed by atoms with Gasteiger partial charge in [0, 0.05) is 19.1 Å². The highest BCUT2D eigenvalue weighted by atomic mass is 127. The van der Waals surface area contributed by atoms with Crippen molar-refractivity contribution in [3.05, 3.63) is 30.3 Å². The Bertz CT molecular complexity index is 566. The van der Waals surface area contributed by atoms with E-state index >= 15 is 0 Å². The van der Waals surface area contributed by atoms with Crippen LogP contribution in [0, 0.1) is 0 Å². The van der Waals surface area contributed by atoms with E-state index in [0.29, 0.717) is 23.8 Å². The molecule has 1 aromatic rings. The lowest BCUT2D eigenvalue weighted by Crippen LogP contribution is -2.47. The smallest absolute Gasteiger partial charge is 0.191 e. The summed E-state index contributed by atoms with van der Waals surface area (Å²) >= 11 is 0. The van der Waals surface area contributed by atoms with E-state index < -0.39 is 9.84 Å². The van der Waals surface area contributed by atoms with Crippen LogP contribution in [0.5, 0.6) is 0 Å². The highest BCUT2D eigenvalue weighted by Crippen LogP contribution is 2.10. The van der Waals surface area contributed by atoms with Gasteiger partial charge in [-0.25, -0.2) is 8.42 Å². The summed E-state index contributed by atoms with van der Waals surface area (Å²) in [5.74, 6) is 0.802. The molecule has 7 heteroatoms. The molecule has 0 bridgehead atoms. The second-order valence-electron chi connectivity index (χ2n) is 5.86. The predicted octanol–water partition coefficient (Wildman–Crippen LogP) is 2.43. The quantitative estimate of drug-likeness (QED) is 0.320. The molecule has 5 nitrogen and oxygen atoms in total. The molecule has 126 valence electrons. The number of hydrogen-bond donors (Lipinski definition) is 2. The SMILES string of the molecule is CN=C(NCCCS(=O)(=O)c1ccccc1)NC(C)(C)C.I. The summed E-state index contributed by atoms with van der Waals surface area (Å²) in [7, 11) is -1.50. The second kappa shape index (κ2) is 9.34. The topological polar surface area (TPSA) is 70.6 Å². The van der Waals surface area contributed by atoms with Crippen molar-refractivity contribution in [3.63, 3.8) is 0 Å². The lowest BCUT2D eigenvalue weighted by Gasteiger charge is -2.23. The fourth-order valence-electron chi connectivity index (χ4n) is 1.75. The van der Waals surface area contributed by atoms with Crippen LogP contribution in [0.15, 0.2) is 40.2 Å². The first-order valence-electron chi connectivity index (χ1n) is 7.01. The molecule has 0 aliphatic rings. The number of nitrogens with zero attached hydrogens (tertiary/aromatic N) is 1. The van der Waals surface area contributed by atoms with Gasteiger partial charge in [0.25, 0.3) is 0 Å². The molecule has 1 aromatic carbocycles. The molecule has 0 spiro atoms. The summed E-state index contributed by atoms with van der Waals surface area (Å²) in [5, 5.41) is 6.35. The van der Waals surface area contributed by atoms with Crippen LogP contribution >= 0.6 is 24.0 Å². The monoisotopic (exact) mass is 439 g/mol. The van der Waals surface area contributed by atoms with E-state index in [0.717, 1.165) is 0 Å². The van der Waals surface area contributed by atoms with Crippen LogP contribution in [0.4, 0.5) is 0 Å². The molecule has 0 unspecified atom stereocenters. The highest BCUT2D eigenvalue weighted by Gasteiger charge is 2.14. The third-order valence-electron chi connectivity index (χ3n) is 2.70. The molecule has 2 N–H and O–H groups in total. The zero-order chi connectivity index (χ0) is 15.9. The maximum absolute atomic E-state index is 12.1. The summed E-state index contributed by atoms with van der Waals surface area (Å²) in [6, 6.07) is 8.54. The normalized spacial score (nSPS) is 12.5. The lowest BCUT2D eigenvalue weighted by atomic mass is 10.1. The van der Waals surface area contributed by atoms with Crippen molar-refractivity contribution < 1.29 is 8.42 Å². The van der Waals surface area contributed by atoms with Crippen molar-refractivity contribution in [3.8, 4) is 0 Å². The molecule has 22 heavy (non-hydrogen) atoms. The van der Waals surface area contributed by atoms with Gasteiger partial charge in [0.15, 0.2) is 15.8 Å². The number of rotatable bonds is 5.